The number of ether oxygens (including phenoxy) is 2. The largest absolute Gasteiger partial charge is 0.496 e. The van der Waals surface area contributed by atoms with Gasteiger partial charge >= 0.3 is 6.09 Å². The molecule has 0 aliphatic heterocycles. The summed E-state index contributed by atoms with van der Waals surface area (Å²) >= 11 is 0. The Labute approximate surface area is 201 Å². The van der Waals surface area contributed by atoms with Crippen LogP contribution in [0.4, 0.5) is 10.5 Å². The molecular weight excluding hydrogens is 426 g/mol. The standard InChI is InChI=1S/C28H31N3O3/c1-18-12-23(22-10-8-21(15-29)9-11-22)14-24(13-18)31(27(32)34-28(4,5)6)17-25-20(3)26(33-7)19(2)16-30-25/h8-14,16H,17H2,1-7H3. The molecular formula is C28H31N3O3. The lowest BCUT2D eigenvalue weighted by Gasteiger charge is -2.28. The Morgan fingerprint density at radius 3 is 2.32 bits per heavy atom. The van der Waals surface area contributed by atoms with Crippen LogP contribution in [0.5, 0.6) is 5.75 Å². The molecule has 0 fully saturated rings. The highest BCUT2D eigenvalue weighted by Gasteiger charge is 2.26. The van der Waals surface area contributed by atoms with Gasteiger partial charge < -0.3 is 9.47 Å². The van der Waals surface area contributed by atoms with Gasteiger partial charge in [0.2, 0.25) is 0 Å². The quantitative estimate of drug-likeness (QED) is 0.437. The third-order valence-electron chi connectivity index (χ3n) is 5.39. The van der Waals surface area contributed by atoms with E-state index in [0.29, 0.717) is 11.3 Å². The second kappa shape index (κ2) is 9.96. The number of hydrogen-bond donors (Lipinski definition) is 0. The van der Waals surface area contributed by atoms with Crippen molar-refractivity contribution in [2.75, 3.05) is 12.0 Å². The van der Waals surface area contributed by atoms with Gasteiger partial charge in [-0.1, -0.05) is 18.2 Å². The molecule has 0 radical (unpaired) electrons. The van der Waals surface area contributed by atoms with Gasteiger partial charge in [-0.25, -0.2) is 4.79 Å². The van der Waals surface area contributed by atoms with Crippen molar-refractivity contribution in [2.24, 2.45) is 0 Å². The third kappa shape index (κ3) is 5.74. The summed E-state index contributed by atoms with van der Waals surface area (Å²) in [7, 11) is 1.63. The number of nitrogens with zero attached hydrogens (tertiary/aromatic N) is 3. The Kier molecular flexibility index (Phi) is 7.26. The number of carbonyl (C=O) groups is 1. The van der Waals surface area contributed by atoms with Gasteiger partial charge in [-0.3, -0.25) is 9.88 Å². The normalized spacial score (nSPS) is 11.0. The number of rotatable bonds is 5. The lowest BCUT2D eigenvalue weighted by molar-refractivity contribution is 0.0577. The molecule has 34 heavy (non-hydrogen) atoms. The number of anilines is 1. The van der Waals surface area contributed by atoms with Crippen LogP contribution in [0.25, 0.3) is 11.1 Å². The van der Waals surface area contributed by atoms with E-state index in [-0.39, 0.29) is 6.54 Å². The molecule has 6 nitrogen and oxygen atoms in total. The molecule has 3 aromatic rings. The molecule has 0 unspecified atom stereocenters. The minimum Gasteiger partial charge on any atom is -0.496 e. The van der Waals surface area contributed by atoms with E-state index in [1.54, 1.807) is 30.3 Å². The van der Waals surface area contributed by atoms with Gasteiger partial charge in [0.25, 0.3) is 0 Å². The van der Waals surface area contributed by atoms with Crippen LogP contribution >= 0.6 is 0 Å². The summed E-state index contributed by atoms with van der Waals surface area (Å²) in [5, 5.41) is 9.11. The zero-order valence-electron chi connectivity index (χ0n) is 20.9. The van der Waals surface area contributed by atoms with Crippen LogP contribution in [-0.4, -0.2) is 23.8 Å². The zero-order chi connectivity index (χ0) is 25.0. The van der Waals surface area contributed by atoms with Crippen molar-refractivity contribution in [3.05, 3.63) is 76.6 Å². The summed E-state index contributed by atoms with van der Waals surface area (Å²) in [6, 6.07) is 15.5. The smallest absolute Gasteiger partial charge is 0.415 e. The number of benzene rings is 2. The Balaban J connectivity index is 2.09. The highest BCUT2D eigenvalue weighted by Crippen LogP contribution is 2.31. The van der Waals surface area contributed by atoms with E-state index in [0.717, 1.165) is 39.3 Å². The van der Waals surface area contributed by atoms with E-state index in [2.05, 4.69) is 17.1 Å². The molecule has 0 saturated heterocycles. The molecule has 1 aromatic heterocycles. The van der Waals surface area contributed by atoms with Crippen LogP contribution in [0.1, 0.15) is 48.7 Å². The van der Waals surface area contributed by atoms with Crippen molar-refractivity contribution in [1.29, 1.82) is 5.26 Å². The minimum absolute atomic E-state index is 0.230. The number of aryl methyl sites for hydroxylation is 2. The first-order valence-corrected chi connectivity index (χ1v) is 11.1. The van der Waals surface area contributed by atoms with Crippen molar-refractivity contribution in [1.82, 2.24) is 4.98 Å². The van der Waals surface area contributed by atoms with Crippen LogP contribution in [0.15, 0.2) is 48.7 Å². The number of hydrogen-bond acceptors (Lipinski definition) is 5. The summed E-state index contributed by atoms with van der Waals surface area (Å²) in [6.45, 7) is 11.6. The zero-order valence-corrected chi connectivity index (χ0v) is 20.9. The van der Waals surface area contributed by atoms with E-state index >= 15 is 0 Å². The van der Waals surface area contributed by atoms with Crippen LogP contribution in [0.3, 0.4) is 0 Å². The predicted molar refractivity (Wildman–Crippen MR) is 134 cm³/mol. The summed E-state index contributed by atoms with van der Waals surface area (Å²) in [6.07, 6.45) is 1.30. The SMILES string of the molecule is COc1c(C)cnc(CN(C(=O)OC(C)(C)C)c2cc(C)cc(-c3ccc(C#N)cc3)c2)c1C. The maximum Gasteiger partial charge on any atom is 0.415 e. The lowest BCUT2D eigenvalue weighted by Crippen LogP contribution is -2.37. The monoisotopic (exact) mass is 457 g/mol. The van der Waals surface area contributed by atoms with Crippen LogP contribution < -0.4 is 9.64 Å². The van der Waals surface area contributed by atoms with Gasteiger partial charge in [-0.05, 0) is 82.5 Å². The summed E-state index contributed by atoms with van der Waals surface area (Å²) in [5.41, 5.74) is 6.10. The van der Waals surface area contributed by atoms with Crippen LogP contribution in [0.2, 0.25) is 0 Å². The van der Waals surface area contributed by atoms with Gasteiger partial charge in [0.15, 0.2) is 0 Å². The summed E-state index contributed by atoms with van der Waals surface area (Å²) in [5.74, 6) is 0.761. The van der Waals surface area contributed by atoms with Gasteiger partial charge in [-0.2, -0.15) is 5.26 Å². The van der Waals surface area contributed by atoms with Crippen molar-refractivity contribution in [3.8, 4) is 22.9 Å². The molecule has 2 aromatic carbocycles. The predicted octanol–water partition coefficient (Wildman–Crippen LogP) is 6.50. The fourth-order valence-corrected chi connectivity index (χ4v) is 3.78. The molecule has 1 amide bonds. The second-order valence-electron chi connectivity index (χ2n) is 9.36. The first-order valence-electron chi connectivity index (χ1n) is 11.1. The molecule has 0 spiro atoms. The molecule has 0 bridgehead atoms. The van der Waals surface area contributed by atoms with E-state index in [9.17, 15) is 4.79 Å². The third-order valence-corrected chi connectivity index (χ3v) is 5.39. The maximum absolute atomic E-state index is 13.3. The number of pyridine rings is 1. The highest BCUT2D eigenvalue weighted by atomic mass is 16.6. The highest BCUT2D eigenvalue weighted by molar-refractivity contribution is 5.89. The van der Waals surface area contributed by atoms with E-state index in [4.69, 9.17) is 14.7 Å². The van der Waals surface area contributed by atoms with Crippen LogP contribution in [0, 0.1) is 32.1 Å². The summed E-state index contributed by atoms with van der Waals surface area (Å²) in [4.78, 5) is 19.5. The number of aromatic nitrogens is 1. The average molecular weight is 458 g/mol. The molecule has 3 rings (SSSR count). The topological polar surface area (TPSA) is 75.4 Å². The van der Waals surface area contributed by atoms with Crippen molar-refractivity contribution in [2.45, 2.75) is 53.7 Å². The van der Waals surface area contributed by atoms with E-state index in [1.807, 2.05) is 65.8 Å². The van der Waals surface area contributed by atoms with Crippen LogP contribution in [-0.2, 0) is 11.3 Å². The first-order chi connectivity index (χ1) is 16.0. The van der Waals surface area contributed by atoms with Crippen molar-refractivity contribution in [3.63, 3.8) is 0 Å². The molecule has 0 aliphatic rings. The number of amides is 1. The Bertz CT molecular complexity index is 1240. The van der Waals surface area contributed by atoms with E-state index in [1.165, 1.54) is 0 Å². The number of methoxy groups -OCH3 is 1. The fourth-order valence-electron chi connectivity index (χ4n) is 3.78. The number of nitriles is 1. The summed E-state index contributed by atoms with van der Waals surface area (Å²) < 4.78 is 11.3. The first kappa shape index (κ1) is 24.8. The lowest BCUT2D eigenvalue weighted by atomic mass is 10.0. The van der Waals surface area contributed by atoms with Gasteiger partial charge in [0.05, 0.1) is 31.0 Å². The Morgan fingerprint density at radius 2 is 1.74 bits per heavy atom. The maximum atomic E-state index is 13.3. The molecule has 0 saturated carbocycles. The fraction of sp³-hybridized carbons (Fsp3) is 0.321. The van der Waals surface area contributed by atoms with Crippen molar-refractivity contribution < 1.29 is 14.3 Å². The average Bonchev–Trinajstić information content (AvgIpc) is 2.77. The number of carbonyl (C=O) groups excluding carboxylic acids is 1. The second-order valence-corrected chi connectivity index (χ2v) is 9.36. The van der Waals surface area contributed by atoms with Gasteiger partial charge in [0.1, 0.15) is 11.4 Å². The molecule has 176 valence electrons. The molecule has 0 aliphatic carbocycles. The van der Waals surface area contributed by atoms with Crippen molar-refractivity contribution >= 4 is 11.8 Å². The van der Waals surface area contributed by atoms with Gasteiger partial charge in [-0.15, -0.1) is 0 Å². The molecule has 0 atom stereocenters. The van der Waals surface area contributed by atoms with Gasteiger partial charge in [0, 0.05) is 23.0 Å². The Morgan fingerprint density at radius 1 is 1.06 bits per heavy atom. The minimum atomic E-state index is -0.650. The van der Waals surface area contributed by atoms with E-state index < -0.39 is 11.7 Å². The molecule has 1 heterocycles. The Hall–Kier alpha value is -3.85. The molecule has 0 N–H and O–H groups in total. The molecule has 6 heteroatoms.